The van der Waals surface area contributed by atoms with E-state index in [4.69, 9.17) is 4.42 Å². The molecular formula is C16H20BrNO. The zero-order valence-corrected chi connectivity index (χ0v) is 13.3. The molecule has 1 heterocycles. The maximum atomic E-state index is 5.79. The van der Waals surface area contributed by atoms with Gasteiger partial charge in [-0.3, -0.25) is 0 Å². The Hall–Kier alpha value is -1.06. The van der Waals surface area contributed by atoms with E-state index < -0.39 is 0 Å². The molecule has 0 saturated carbocycles. The third-order valence-electron chi connectivity index (χ3n) is 3.17. The highest BCUT2D eigenvalue weighted by molar-refractivity contribution is 9.10. The smallest absolute Gasteiger partial charge is 0.125 e. The Balaban J connectivity index is 2.33. The van der Waals surface area contributed by atoms with Crippen molar-refractivity contribution in [1.82, 2.24) is 5.32 Å². The van der Waals surface area contributed by atoms with Crippen LogP contribution in [0.4, 0.5) is 0 Å². The van der Waals surface area contributed by atoms with Crippen LogP contribution >= 0.6 is 15.9 Å². The van der Waals surface area contributed by atoms with E-state index in [1.807, 2.05) is 13.0 Å². The van der Waals surface area contributed by atoms with Gasteiger partial charge in [-0.15, -0.1) is 0 Å². The molecule has 3 heteroatoms. The van der Waals surface area contributed by atoms with Crippen LogP contribution in [0.1, 0.15) is 42.0 Å². The molecule has 2 aromatic rings. The van der Waals surface area contributed by atoms with Crippen LogP contribution < -0.4 is 5.32 Å². The SMILES string of the molecule is CCCNC(c1ccc(C)c(Br)c1)c1ccc(C)o1. The summed E-state index contributed by atoms with van der Waals surface area (Å²) in [5.41, 5.74) is 2.47. The molecule has 0 fully saturated rings. The minimum Gasteiger partial charge on any atom is -0.464 e. The van der Waals surface area contributed by atoms with Gasteiger partial charge in [0.2, 0.25) is 0 Å². The Morgan fingerprint density at radius 2 is 2.00 bits per heavy atom. The second kappa shape index (κ2) is 6.40. The van der Waals surface area contributed by atoms with Crippen LogP contribution in [0.5, 0.6) is 0 Å². The summed E-state index contributed by atoms with van der Waals surface area (Å²) in [5.74, 6) is 1.92. The normalized spacial score (nSPS) is 12.6. The lowest BCUT2D eigenvalue weighted by molar-refractivity contribution is 0.430. The zero-order valence-electron chi connectivity index (χ0n) is 11.7. The minimum absolute atomic E-state index is 0.116. The predicted octanol–water partition coefficient (Wildman–Crippen LogP) is 4.75. The first-order valence-corrected chi connectivity index (χ1v) is 7.47. The van der Waals surface area contributed by atoms with Gasteiger partial charge in [-0.2, -0.15) is 0 Å². The molecule has 0 spiro atoms. The van der Waals surface area contributed by atoms with Crippen molar-refractivity contribution >= 4 is 15.9 Å². The highest BCUT2D eigenvalue weighted by Crippen LogP contribution is 2.27. The summed E-state index contributed by atoms with van der Waals surface area (Å²) in [4.78, 5) is 0. The van der Waals surface area contributed by atoms with Gasteiger partial charge in [0.25, 0.3) is 0 Å². The molecule has 1 N–H and O–H groups in total. The summed E-state index contributed by atoms with van der Waals surface area (Å²) in [6, 6.07) is 10.6. The fourth-order valence-electron chi connectivity index (χ4n) is 2.07. The van der Waals surface area contributed by atoms with Crippen molar-refractivity contribution in [2.24, 2.45) is 0 Å². The van der Waals surface area contributed by atoms with Crippen molar-refractivity contribution < 1.29 is 4.42 Å². The quantitative estimate of drug-likeness (QED) is 0.859. The van der Waals surface area contributed by atoms with Gasteiger partial charge >= 0.3 is 0 Å². The largest absolute Gasteiger partial charge is 0.464 e. The average molecular weight is 322 g/mol. The second-order valence-corrected chi connectivity index (χ2v) is 5.70. The molecule has 19 heavy (non-hydrogen) atoms. The van der Waals surface area contributed by atoms with Crippen molar-refractivity contribution in [2.75, 3.05) is 6.54 Å². The first kappa shape index (κ1) is 14.4. The molecule has 2 rings (SSSR count). The second-order valence-electron chi connectivity index (χ2n) is 4.84. The summed E-state index contributed by atoms with van der Waals surface area (Å²) in [6.45, 7) is 7.21. The van der Waals surface area contributed by atoms with Crippen LogP contribution in [0.2, 0.25) is 0 Å². The molecule has 0 radical (unpaired) electrons. The lowest BCUT2D eigenvalue weighted by atomic mass is 10.0. The van der Waals surface area contributed by atoms with Crippen LogP contribution in [0.25, 0.3) is 0 Å². The molecule has 1 unspecified atom stereocenters. The summed E-state index contributed by atoms with van der Waals surface area (Å²) in [6.07, 6.45) is 1.10. The molecule has 0 aliphatic heterocycles. The van der Waals surface area contributed by atoms with Crippen LogP contribution in [0.3, 0.4) is 0 Å². The summed E-state index contributed by atoms with van der Waals surface area (Å²) in [5, 5.41) is 3.55. The summed E-state index contributed by atoms with van der Waals surface area (Å²) in [7, 11) is 0. The Labute approximate surface area is 123 Å². The lowest BCUT2D eigenvalue weighted by Gasteiger charge is -2.17. The lowest BCUT2D eigenvalue weighted by Crippen LogP contribution is -2.22. The number of halogens is 1. The number of rotatable bonds is 5. The van der Waals surface area contributed by atoms with Gasteiger partial charge in [0.05, 0.1) is 6.04 Å². The maximum absolute atomic E-state index is 5.79. The fraction of sp³-hybridized carbons (Fsp3) is 0.375. The molecule has 1 aromatic heterocycles. The third kappa shape index (κ3) is 3.48. The van der Waals surface area contributed by atoms with Crippen molar-refractivity contribution in [2.45, 2.75) is 33.2 Å². The van der Waals surface area contributed by atoms with Gasteiger partial charge in [0, 0.05) is 4.47 Å². The van der Waals surface area contributed by atoms with Gasteiger partial charge < -0.3 is 9.73 Å². The molecule has 0 aliphatic carbocycles. The topological polar surface area (TPSA) is 25.2 Å². The minimum atomic E-state index is 0.116. The van der Waals surface area contributed by atoms with Gasteiger partial charge in [0.1, 0.15) is 11.5 Å². The zero-order chi connectivity index (χ0) is 13.8. The molecule has 1 atom stereocenters. The predicted molar refractivity (Wildman–Crippen MR) is 82.5 cm³/mol. The Kier molecular flexibility index (Phi) is 4.83. The van der Waals surface area contributed by atoms with Crippen molar-refractivity contribution in [3.63, 3.8) is 0 Å². The van der Waals surface area contributed by atoms with E-state index >= 15 is 0 Å². The number of hydrogen-bond acceptors (Lipinski definition) is 2. The van der Waals surface area contributed by atoms with E-state index in [9.17, 15) is 0 Å². The van der Waals surface area contributed by atoms with Crippen molar-refractivity contribution in [1.29, 1.82) is 0 Å². The van der Waals surface area contributed by atoms with Crippen LogP contribution in [-0.2, 0) is 0 Å². The summed E-state index contributed by atoms with van der Waals surface area (Å²) < 4.78 is 6.93. The van der Waals surface area contributed by atoms with Gasteiger partial charge in [-0.25, -0.2) is 0 Å². The van der Waals surface area contributed by atoms with Gasteiger partial charge in [-0.1, -0.05) is 35.0 Å². The highest BCUT2D eigenvalue weighted by Gasteiger charge is 2.17. The first-order chi connectivity index (χ1) is 9.11. The Morgan fingerprint density at radius 1 is 1.21 bits per heavy atom. The van der Waals surface area contributed by atoms with Gasteiger partial charge in [0.15, 0.2) is 0 Å². The first-order valence-electron chi connectivity index (χ1n) is 6.67. The number of hydrogen-bond donors (Lipinski definition) is 1. The standard InChI is InChI=1S/C16H20BrNO/c1-4-9-18-16(15-8-6-12(3)19-15)13-7-5-11(2)14(17)10-13/h5-8,10,16,18H,4,9H2,1-3H3. The molecule has 0 bridgehead atoms. The van der Waals surface area contributed by atoms with E-state index in [0.717, 1.165) is 29.0 Å². The Morgan fingerprint density at radius 3 is 2.58 bits per heavy atom. The van der Waals surface area contributed by atoms with Crippen LogP contribution in [0, 0.1) is 13.8 Å². The fourth-order valence-corrected chi connectivity index (χ4v) is 2.47. The van der Waals surface area contributed by atoms with E-state index in [1.165, 1.54) is 11.1 Å². The highest BCUT2D eigenvalue weighted by atomic mass is 79.9. The number of nitrogens with one attached hydrogen (secondary N) is 1. The third-order valence-corrected chi connectivity index (χ3v) is 4.03. The average Bonchev–Trinajstić information content (AvgIpc) is 2.80. The van der Waals surface area contributed by atoms with Gasteiger partial charge in [-0.05, 0) is 56.1 Å². The maximum Gasteiger partial charge on any atom is 0.125 e. The molecule has 0 saturated heterocycles. The monoisotopic (exact) mass is 321 g/mol. The van der Waals surface area contributed by atoms with Crippen LogP contribution in [-0.4, -0.2) is 6.54 Å². The summed E-state index contributed by atoms with van der Waals surface area (Å²) >= 11 is 3.60. The van der Waals surface area contributed by atoms with E-state index in [2.05, 4.69) is 59.4 Å². The molecule has 2 nitrogen and oxygen atoms in total. The molecule has 1 aromatic carbocycles. The molecule has 102 valence electrons. The van der Waals surface area contributed by atoms with E-state index in [-0.39, 0.29) is 6.04 Å². The molecule has 0 amide bonds. The van der Waals surface area contributed by atoms with E-state index in [0.29, 0.717) is 0 Å². The Bertz CT molecular complexity index is 547. The number of aryl methyl sites for hydroxylation is 2. The van der Waals surface area contributed by atoms with Crippen molar-refractivity contribution in [3.05, 3.63) is 57.5 Å². The number of furan rings is 1. The van der Waals surface area contributed by atoms with Crippen LogP contribution in [0.15, 0.2) is 39.2 Å². The molecule has 0 aliphatic rings. The van der Waals surface area contributed by atoms with E-state index in [1.54, 1.807) is 0 Å². The van der Waals surface area contributed by atoms with Crippen molar-refractivity contribution in [3.8, 4) is 0 Å². The number of benzene rings is 1. The molecular weight excluding hydrogens is 302 g/mol.